The second kappa shape index (κ2) is 6.56. The SMILES string of the molecule is Cn1c(=O)c2c(c3ccccc31)OC1(C)CC3c4c(c5ccccc5[nH]c4=O)OC(C)(C)C3C2C1. The van der Waals surface area contributed by atoms with Crippen LogP contribution in [0.5, 0.6) is 11.5 Å². The van der Waals surface area contributed by atoms with Crippen molar-refractivity contribution in [2.24, 2.45) is 13.0 Å². The third-order valence-electron chi connectivity index (χ3n) is 8.63. The molecule has 6 heteroatoms. The first-order chi connectivity index (χ1) is 16.7. The number of hydrogen-bond donors (Lipinski definition) is 1. The summed E-state index contributed by atoms with van der Waals surface area (Å²) in [5.41, 5.74) is 1.84. The highest BCUT2D eigenvalue weighted by Crippen LogP contribution is 2.62. The Hall–Kier alpha value is -3.54. The van der Waals surface area contributed by atoms with Crippen molar-refractivity contribution in [3.05, 3.63) is 80.4 Å². The number of rotatable bonds is 0. The molecule has 6 nitrogen and oxygen atoms in total. The molecule has 0 spiro atoms. The third-order valence-corrected chi connectivity index (χ3v) is 8.63. The maximum Gasteiger partial charge on any atom is 0.258 e. The summed E-state index contributed by atoms with van der Waals surface area (Å²) in [6, 6.07) is 15.7. The smallest absolute Gasteiger partial charge is 0.258 e. The van der Waals surface area contributed by atoms with Crippen LogP contribution < -0.4 is 20.6 Å². The topological polar surface area (TPSA) is 73.3 Å². The standard InChI is InChI=1S/C29H28N2O4/c1-28(2)23-17(21-24(34-28)15-9-5-7-11-19(15)30-26(21)32)13-29(3)14-18(23)22-25(35-29)16-10-6-8-12-20(16)31(4)27(22)33/h5-12,17-18,23H,13-14H2,1-4H3,(H,30,32). The molecule has 3 aliphatic rings. The van der Waals surface area contributed by atoms with E-state index in [9.17, 15) is 9.59 Å². The number of aromatic amines is 1. The van der Waals surface area contributed by atoms with Gasteiger partial charge in [0.05, 0.1) is 22.2 Å². The van der Waals surface area contributed by atoms with Gasteiger partial charge < -0.3 is 19.0 Å². The van der Waals surface area contributed by atoms with Gasteiger partial charge in [-0.25, -0.2) is 0 Å². The lowest BCUT2D eigenvalue weighted by Crippen LogP contribution is -2.58. The summed E-state index contributed by atoms with van der Waals surface area (Å²) in [6.07, 6.45) is 1.42. The zero-order valence-corrected chi connectivity index (χ0v) is 20.3. The monoisotopic (exact) mass is 468 g/mol. The fourth-order valence-electron chi connectivity index (χ4n) is 7.34. The van der Waals surface area contributed by atoms with E-state index in [1.165, 1.54) is 0 Å². The van der Waals surface area contributed by atoms with E-state index in [0.29, 0.717) is 23.5 Å². The molecule has 1 aliphatic carbocycles. The fourth-order valence-corrected chi connectivity index (χ4v) is 7.34. The van der Waals surface area contributed by atoms with Crippen molar-refractivity contribution in [2.45, 2.75) is 56.7 Å². The van der Waals surface area contributed by atoms with Crippen LogP contribution >= 0.6 is 0 Å². The van der Waals surface area contributed by atoms with Crippen LogP contribution in [0.2, 0.25) is 0 Å². The highest BCUT2D eigenvalue weighted by molar-refractivity contribution is 5.88. The normalized spacial score (nSPS) is 27.9. The second-order valence-electron chi connectivity index (χ2n) is 11.3. The molecule has 4 unspecified atom stereocenters. The van der Waals surface area contributed by atoms with Crippen LogP contribution in [0.3, 0.4) is 0 Å². The quantitative estimate of drug-likeness (QED) is 0.395. The number of nitrogens with zero attached hydrogens (tertiary/aromatic N) is 1. The van der Waals surface area contributed by atoms with E-state index in [4.69, 9.17) is 9.47 Å². The van der Waals surface area contributed by atoms with Crippen LogP contribution in [0.25, 0.3) is 21.8 Å². The molecule has 2 aliphatic heterocycles. The van der Waals surface area contributed by atoms with Crippen LogP contribution in [0.1, 0.15) is 56.6 Å². The first-order valence-electron chi connectivity index (χ1n) is 12.3. The molecule has 2 bridgehead atoms. The predicted molar refractivity (Wildman–Crippen MR) is 136 cm³/mol. The van der Waals surface area contributed by atoms with Gasteiger partial charge in [-0.1, -0.05) is 24.3 Å². The number of nitrogens with one attached hydrogen (secondary N) is 1. The van der Waals surface area contributed by atoms with Crippen LogP contribution in [0.4, 0.5) is 0 Å². The van der Waals surface area contributed by atoms with Gasteiger partial charge in [-0.2, -0.15) is 0 Å². The van der Waals surface area contributed by atoms with Crippen molar-refractivity contribution in [1.29, 1.82) is 0 Å². The van der Waals surface area contributed by atoms with Crippen LogP contribution in [-0.2, 0) is 7.05 Å². The van der Waals surface area contributed by atoms with Gasteiger partial charge in [0, 0.05) is 35.6 Å². The van der Waals surface area contributed by atoms with Crippen molar-refractivity contribution >= 4 is 21.8 Å². The summed E-state index contributed by atoms with van der Waals surface area (Å²) in [7, 11) is 1.83. The maximum absolute atomic E-state index is 13.8. The molecule has 35 heavy (non-hydrogen) atoms. The lowest BCUT2D eigenvalue weighted by molar-refractivity contribution is -0.0797. The summed E-state index contributed by atoms with van der Waals surface area (Å²) in [5.74, 6) is 1.16. The lowest BCUT2D eigenvalue weighted by atomic mass is 9.56. The average molecular weight is 469 g/mol. The molecule has 1 saturated carbocycles. The Morgan fingerprint density at radius 3 is 2.26 bits per heavy atom. The molecule has 0 saturated heterocycles. The molecule has 0 amide bonds. The first kappa shape index (κ1) is 20.8. The zero-order chi connectivity index (χ0) is 24.3. The minimum atomic E-state index is -0.578. The van der Waals surface area contributed by atoms with Crippen molar-refractivity contribution in [3.63, 3.8) is 0 Å². The van der Waals surface area contributed by atoms with E-state index in [2.05, 4.69) is 25.8 Å². The number of ether oxygens (including phenoxy) is 2. The third kappa shape index (κ3) is 2.65. The number of aryl methyl sites for hydroxylation is 1. The Bertz CT molecular complexity index is 1680. The van der Waals surface area contributed by atoms with E-state index in [-0.39, 0.29) is 28.9 Å². The molecule has 2 aromatic heterocycles. The van der Waals surface area contributed by atoms with Crippen LogP contribution in [-0.4, -0.2) is 20.8 Å². The summed E-state index contributed by atoms with van der Waals surface area (Å²) in [4.78, 5) is 30.3. The zero-order valence-electron chi connectivity index (χ0n) is 20.3. The molecule has 178 valence electrons. The van der Waals surface area contributed by atoms with Gasteiger partial charge in [-0.05, 0) is 57.9 Å². The predicted octanol–water partition coefficient (Wildman–Crippen LogP) is 4.98. The summed E-state index contributed by atoms with van der Waals surface area (Å²) in [6.45, 7) is 6.34. The Morgan fingerprint density at radius 1 is 0.857 bits per heavy atom. The summed E-state index contributed by atoms with van der Waals surface area (Å²) >= 11 is 0. The molecule has 0 radical (unpaired) electrons. The maximum atomic E-state index is 13.8. The number of hydrogen-bond acceptors (Lipinski definition) is 4. The minimum Gasteiger partial charge on any atom is -0.486 e. The Morgan fingerprint density at radius 2 is 1.49 bits per heavy atom. The number of fused-ring (bicyclic) bond motifs is 12. The van der Waals surface area contributed by atoms with Crippen LogP contribution in [0, 0.1) is 5.92 Å². The molecule has 4 aromatic rings. The number of H-pyrrole nitrogens is 1. The molecule has 1 fully saturated rings. The Kier molecular flexibility index (Phi) is 3.90. The molecule has 1 N–H and O–H groups in total. The van der Waals surface area contributed by atoms with E-state index >= 15 is 0 Å². The number of pyridine rings is 2. The summed E-state index contributed by atoms with van der Waals surface area (Å²) in [5, 5.41) is 1.87. The largest absolute Gasteiger partial charge is 0.486 e. The Balaban J connectivity index is 1.53. The van der Waals surface area contributed by atoms with Crippen molar-refractivity contribution in [3.8, 4) is 11.5 Å². The van der Waals surface area contributed by atoms with Crippen molar-refractivity contribution in [2.75, 3.05) is 0 Å². The molecule has 4 heterocycles. The van der Waals surface area contributed by atoms with E-state index in [1.807, 2.05) is 55.6 Å². The molecular formula is C29H28N2O4. The fraction of sp³-hybridized carbons (Fsp3) is 0.379. The van der Waals surface area contributed by atoms with E-state index < -0.39 is 11.2 Å². The van der Waals surface area contributed by atoms with E-state index in [0.717, 1.165) is 33.8 Å². The van der Waals surface area contributed by atoms with Gasteiger partial charge in [0.2, 0.25) is 0 Å². The number of para-hydroxylation sites is 2. The first-order valence-corrected chi connectivity index (χ1v) is 12.3. The highest BCUT2D eigenvalue weighted by atomic mass is 16.5. The van der Waals surface area contributed by atoms with Gasteiger partial charge in [-0.3, -0.25) is 9.59 Å². The molecule has 7 rings (SSSR count). The second-order valence-corrected chi connectivity index (χ2v) is 11.3. The average Bonchev–Trinajstić information content (AvgIpc) is 2.81. The van der Waals surface area contributed by atoms with Gasteiger partial charge in [-0.15, -0.1) is 0 Å². The minimum absolute atomic E-state index is 0.0274. The number of benzene rings is 2. The molecular weight excluding hydrogens is 440 g/mol. The van der Waals surface area contributed by atoms with Gasteiger partial charge in [0.15, 0.2) is 0 Å². The van der Waals surface area contributed by atoms with Gasteiger partial charge in [0.1, 0.15) is 22.7 Å². The highest BCUT2D eigenvalue weighted by Gasteiger charge is 2.59. The summed E-state index contributed by atoms with van der Waals surface area (Å²) < 4.78 is 15.2. The lowest BCUT2D eigenvalue weighted by Gasteiger charge is -2.57. The Labute approximate surface area is 202 Å². The van der Waals surface area contributed by atoms with Crippen LogP contribution in [0.15, 0.2) is 58.1 Å². The van der Waals surface area contributed by atoms with E-state index in [1.54, 1.807) is 4.57 Å². The van der Waals surface area contributed by atoms with Gasteiger partial charge in [0.25, 0.3) is 11.1 Å². The van der Waals surface area contributed by atoms with Crippen molar-refractivity contribution < 1.29 is 9.47 Å². The van der Waals surface area contributed by atoms with Crippen molar-refractivity contribution in [1.82, 2.24) is 9.55 Å². The molecule has 2 aromatic carbocycles. The molecule has 4 atom stereocenters. The van der Waals surface area contributed by atoms with Gasteiger partial charge >= 0.3 is 0 Å². The number of aromatic nitrogens is 2.